The Morgan fingerprint density at radius 1 is 0.389 bits per heavy atom. The molecule has 3 fully saturated rings. The molecule has 3 heterocycles. The lowest BCUT2D eigenvalue weighted by atomic mass is 9.96. The van der Waals surface area contributed by atoms with Gasteiger partial charge in [-0.15, -0.1) is 0 Å². The van der Waals surface area contributed by atoms with Crippen LogP contribution in [0.5, 0.6) is 0 Å². The number of hydrogen-bond donors (Lipinski definition) is 12. The first-order valence-corrected chi connectivity index (χ1v) is 35.9. The number of ether oxygens (including phenoxy) is 6. The predicted octanol–water partition coefficient (Wildman–Crippen LogP) is 9.78. The van der Waals surface area contributed by atoms with Crippen molar-refractivity contribution >= 4 is 5.91 Å². The molecule has 0 radical (unpaired) electrons. The highest BCUT2D eigenvalue weighted by atomic mass is 16.8. The second-order valence-electron chi connectivity index (χ2n) is 25.7. The number of aliphatic hydroxyl groups is 11. The van der Waals surface area contributed by atoms with Crippen molar-refractivity contribution in [2.45, 2.75) is 369 Å². The summed E-state index contributed by atoms with van der Waals surface area (Å²) < 4.78 is 34.3. The fourth-order valence-corrected chi connectivity index (χ4v) is 12.0. The summed E-state index contributed by atoms with van der Waals surface area (Å²) in [6, 6.07) is -1.00. The Bertz CT molecular complexity index is 1820. The van der Waals surface area contributed by atoms with E-state index in [9.17, 15) is 61.0 Å². The van der Waals surface area contributed by atoms with Crippen molar-refractivity contribution < 1.29 is 89.4 Å². The van der Waals surface area contributed by atoms with Crippen LogP contribution < -0.4 is 5.32 Å². The molecule has 0 bridgehead atoms. The fourth-order valence-electron chi connectivity index (χ4n) is 12.0. The van der Waals surface area contributed by atoms with Gasteiger partial charge in [0.1, 0.15) is 73.2 Å². The Morgan fingerprint density at radius 3 is 1.11 bits per heavy atom. The molecule has 0 spiro atoms. The second kappa shape index (κ2) is 53.0. The van der Waals surface area contributed by atoms with Gasteiger partial charge < -0.3 is 89.9 Å². The van der Waals surface area contributed by atoms with E-state index in [4.69, 9.17) is 28.4 Å². The highest BCUT2D eigenvalue weighted by molar-refractivity contribution is 5.76. The summed E-state index contributed by atoms with van der Waals surface area (Å²) in [6.45, 7) is 1.71. The normalized spacial score (nSPS) is 28.3. The van der Waals surface area contributed by atoms with Crippen molar-refractivity contribution in [3.63, 3.8) is 0 Å². The van der Waals surface area contributed by atoms with Crippen LogP contribution in [0.15, 0.2) is 48.6 Å². The Morgan fingerprint density at radius 2 is 0.711 bits per heavy atom. The quantitative estimate of drug-likeness (QED) is 0.0199. The third-order valence-corrected chi connectivity index (χ3v) is 17.8. The number of nitrogens with one attached hydrogen (secondary N) is 1. The minimum atomic E-state index is -1.98. The van der Waals surface area contributed by atoms with Gasteiger partial charge in [-0.05, 0) is 70.6 Å². The van der Waals surface area contributed by atoms with E-state index in [0.29, 0.717) is 12.8 Å². The molecule has 90 heavy (non-hydrogen) atoms. The molecule has 0 aromatic rings. The molecule has 17 atom stereocenters. The van der Waals surface area contributed by atoms with Gasteiger partial charge in [0.05, 0.1) is 38.6 Å². The highest BCUT2D eigenvalue weighted by Crippen LogP contribution is 2.33. The second-order valence-corrected chi connectivity index (χ2v) is 25.7. The first-order chi connectivity index (χ1) is 43.8. The average Bonchev–Trinajstić information content (AvgIpc) is 1.16. The van der Waals surface area contributed by atoms with Gasteiger partial charge in [0.2, 0.25) is 5.91 Å². The number of carbonyl (C=O) groups is 1. The van der Waals surface area contributed by atoms with E-state index in [1.807, 2.05) is 6.08 Å². The van der Waals surface area contributed by atoms with Crippen molar-refractivity contribution in [3.8, 4) is 0 Å². The smallest absolute Gasteiger partial charge is 0.220 e. The summed E-state index contributed by atoms with van der Waals surface area (Å²) in [6.07, 6.45) is 36.8. The molecule has 17 unspecified atom stereocenters. The zero-order valence-corrected chi connectivity index (χ0v) is 55.6. The number of unbranched alkanes of at least 4 members (excludes halogenated alkanes) is 33. The third kappa shape index (κ3) is 34.4. The van der Waals surface area contributed by atoms with E-state index in [0.717, 1.165) is 64.2 Å². The van der Waals surface area contributed by atoms with Gasteiger partial charge in [-0.25, -0.2) is 0 Å². The van der Waals surface area contributed by atoms with Crippen molar-refractivity contribution in [1.29, 1.82) is 0 Å². The van der Waals surface area contributed by atoms with Crippen LogP contribution in [0.2, 0.25) is 0 Å². The summed E-state index contributed by atoms with van der Waals surface area (Å²) in [5.41, 5.74) is 0. The van der Waals surface area contributed by atoms with Crippen molar-refractivity contribution in [1.82, 2.24) is 5.32 Å². The summed E-state index contributed by atoms with van der Waals surface area (Å²) in [5.74, 6) is -0.297. The van der Waals surface area contributed by atoms with Crippen LogP contribution in [0, 0.1) is 0 Å². The molecule has 526 valence electrons. The lowest BCUT2D eigenvalue weighted by Gasteiger charge is -2.48. The zero-order chi connectivity index (χ0) is 65.4. The third-order valence-electron chi connectivity index (χ3n) is 17.8. The molecular weight excluding hydrogens is 1150 g/mol. The molecule has 3 saturated heterocycles. The lowest BCUT2D eigenvalue weighted by molar-refractivity contribution is -0.379. The van der Waals surface area contributed by atoms with E-state index in [-0.39, 0.29) is 18.9 Å². The molecule has 3 rings (SSSR count). The predicted molar refractivity (Wildman–Crippen MR) is 351 cm³/mol. The van der Waals surface area contributed by atoms with Crippen LogP contribution in [0.1, 0.15) is 264 Å². The van der Waals surface area contributed by atoms with Crippen LogP contribution >= 0.6 is 0 Å². The largest absolute Gasteiger partial charge is 0.394 e. The summed E-state index contributed by atoms with van der Waals surface area (Å²) in [5, 5.41) is 120. The molecule has 0 aromatic heterocycles. The maximum absolute atomic E-state index is 13.4. The van der Waals surface area contributed by atoms with Crippen LogP contribution in [-0.2, 0) is 33.2 Å². The summed E-state index contributed by atoms with van der Waals surface area (Å²) in [7, 11) is 0. The number of allylic oxidation sites excluding steroid dienone is 7. The maximum atomic E-state index is 13.4. The van der Waals surface area contributed by atoms with Gasteiger partial charge in [0.25, 0.3) is 0 Å². The van der Waals surface area contributed by atoms with Gasteiger partial charge in [-0.3, -0.25) is 4.79 Å². The number of carbonyl (C=O) groups excluding carboxylic acids is 1. The van der Waals surface area contributed by atoms with Gasteiger partial charge >= 0.3 is 0 Å². The molecule has 12 N–H and O–H groups in total. The maximum Gasteiger partial charge on any atom is 0.220 e. The van der Waals surface area contributed by atoms with E-state index in [1.54, 1.807) is 6.08 Å². The van der Waals surface area contributed by atoms with E-state index >= 15 is 0 Å². The first-order valence-electron chi connectivity index (χ1n) is 35.9. The van der Waals surface area contributed by atoms with E-state index in [1.165, 1.54) is 167 Å². The number of rotatable bonds is 55. The Hall–Kier alpha value is -2.25. The van der Waals surface area contributed by atoms with Crippen molar-refractivity contribution in [2.24, 2.45) is 0 Å². The van der Waals surface area contributed by atoms with Crippen molar-refractivity contribution in [3.05, 3.63) is 48.6 Å². The average molecular weight is 1280 g/mol. The molecule has 19 heteroatoms. The first kappa shape index (κ1) is 82.0. The molecule has 0 aromatic carbocycles. The molecule has 3 aliphatic heterocycles. The fraction of sp³-hybridized carbons (Fsp3) is 0.873. The summed E-state index contributed by atoms with van der Waals surface area (Å²) in [4.78, 5) is 13.4. The highest BCUT2D eigenvalue weighted by Gasteiger charge is 2.53. The summed E-state index contributed by atoms with van der Waals surface area (Å²) >= 11 is 0. The van der Waals surface area contributed by atoms with Gasteiger partial charge in [-0.1, -0.05) is 236 Å². The van der Waals surface area contributed by atoms with Gasteiger partial charge in [0, 0.05) is 6.42 Å². The van der Waals surface area contributed by atoms with Crippen LogP contribution in [-0.4, -0.2) is 193 Å². The number of amides is 1. The SMILES string of the molecule is CCCCCCCCC/C=C\CCCCCCCC(=O)NC(COC1OC(CO)C(OC2OC(CO)C(OC3OC(CO)C(O)C(O)C3O)C(O)C2O)C(O)C1O)C(O)/C=C/CC/C=C/CC/C=C/CCCCCCCCCCCCCCCCCCCCC. The van der Waals surface area contributed by atoms with Crippen molar-refractivity contribution in [2.75, 3.05) is 26.4 Å². The van der Waals surface area contributed by atoms with Crippen LogP contribution in [0.25, 0.3) is 0 Å². The van der Waals surface area contributed by atoms with Crippen LogP contribution in [0.4, 0.5) is 0 Å². The van der Waals surface area contributed by atoms with E-state index < -0.39 is 124 Å². The zero-order valence-electron chi connectivity index (χ0n) is 55.6. The minimum Gasteiger partial charge on any atom is -0.394 e. The molecule has 3 aliphatic rings. The Kier molecular flexibility index (Phi) is 48.2. The Labute approximate surface area is 542 Å². The molecule has 19 nitrogen and oxygen atoms in total. The monoisotopic (exact) mass is 1280 g/mol. The van der Waals surface area contributed by atoms with Crippen LogP contribution in [0.3, 0.4) is 0 Å². The number of aliphatic hydroxyl groups excluding tert-OH is 11. The molecule has 0 saturated carbocycles. The standard InChI is InChI=1S/C71H129NO18/c1-3-5-7-9-11-13-15-17-19-21-22-23-24-25-26-27-28-29-30-31-32-33-34-36-38-40-42-44-46-48-55(76)54(72-59(77)49-47-45-43-41-39-37-35-20-18-16-14-12-10-8-6-4-2)53-85-69-65(83)62(80)67(57(51-74)87-69)90-71-66(84)63(81)68(58(52-75)88-71)89-70-64(82)61(79)60(78)56(50-73)86-70/h20,32-33,35,38,40,46,48,54-58,60-71,73-76,78-84H,3-19,21-31,34,36-37,39,41-45,47,49-53H2,1-2H3,(H,72,77)/b33-32+,35-20-,40-38+,48-46+. The lowest BCUT2D eigenvalue weighted by Crippen LogP contribution is -2.66. The molecular formula is C71H129NO18. The molecule has 1 amide bonds. The number of hydrogen-bond acceptors (Lipinski definition) is 18. The minimum absolute atomic E-state index is 0.222. The topological polar surface area (TPSA) is 307 Å². The Balaban J connectivity index is 1.43. The van der Waals surface area contributed by atoms with Gasteiger partial charge in [0.15, 0.2) is 18.9 Å². The van der Waals surface area contributed by atoms with Gasteiger partial charge in [-0.2, -0.15) is 0 Å². The molecule has 0 aliphatic carbocycles. The van der Waals surface area contributed by atoms with E-state index in [2.05, 4.69) is 55.6 Å².